The third-order valence-corrected chi connectivity index (χ3v) is 2.74. The van der Waals surface area contributed by atoms with E-state index < -0.39 is 0 Å². The van der Waals surface area contributed by atoms with E-state index in [0.29, 0.717) is 0 Å². The van der Waals surface area contributed by atoms with Crippen molar-refractivity contribution in [1.29, 1.82) is 0 Å². The number of thiol groups is 1. The zero-order chi connectivity index (χ0) is 9.42. The molecule has 0 radical (unpaired) electrons. The lowest BCUT2D eigenvalue weighted by atomic mass is 10.1. The van der Waals surface area contributed by atoms with Crippen molar-refractivity contribution in [2.45, 2.75) is 18.7 Å². The topological polar surface area (TPSA) is 12.9 Å². The van der Waals surface area contributed by atoms with Crippen molar-refractivity contribution in [2.24, 2.45) is 0 Å². The van der Waals surface area contributed by atoms with Crippen molar-refractivity contribution < 1.29 is 0 Å². The summed E-state index contributed by atoms with van der Waals surface area (Å²) in [7, 11) is 0. The molecule has 0 spiro atoms. The van der Waals surface area contributed by atoms with Crippen LogP contribution in [-0.4, -0.2) is 4.98 Å². The second-order valence-electron chi connectivity index (χ2n) is 3.26. The Labute approximate surface area is 83.2 Å². The summed E-state index contributed by atoms with van der Waals surface area (Å²) in [6, 6.07) is 8.25. The number of pyridine rings is 1. The maximum atomic E-state index is 4.46. The summed E-state index contributed by atoms with van der Waals surface area (Å²) < 4.78 is 0. The molecule has 0 N–H and O–H groups in total. The van der Waals surface area contributed by atoms with Gasteiger partial charge in [0, 0.05) is 16.0 Å². The number of fused-ring (bicyclic) bond motifs is 1. The van der Waals surface area contributed by atoms with E-state index in [1.54, 1.807) is 0 Å². The highest BCUT2D eigenvalue weighted by Gasteiger charge is 2.01. The van der Waals surface area contributed by atoms with E-state index in [1.165, 1.54) is 5.56 Å². The first kappa shape index (κ1) is 8.57. The Morgan fingerprint density at radius 2 is 1.77 bits per heavy atom. The van der Waals surface area contributed by atoms with Crippen LogP contribution in [-0.2, 0) is 0 Å². The number of hydrogen-bond acceptors (Lipinski definition) is 2. The van der Waals surface area contributed by atoms with Gasteiger partial charge in [-0.2, -0.15) is 0 Å². The minimum Gasteiger partial charge on any atom is -0.252 e. The molecule has 0 amide bonds. The smallest absolute Gasteiger partial charge is 0.0840 e. The molecule has 1 aromatic heterocycles. The van der Waals surface area contributed by atoms with Crippen LogP contribution in [0.3, 0.4) is 0 Å². The number of aryl methyl sites for hydroxylation is 2. The summed E-state index contributed by atoms with van der Waals surface area (Å²) in [5, 5.41) is 1.15. The van der Waals surface area contributed by atoms with Crippen LogP contribution < -0.4 is 0 Å². The molecule has 0 unspecified atom stereocenters. The van der Waals surface area contributed by atoms with Gasteiger partial charge < -0.3 is 0 Å². The molecule has 2 rings (SSSR count). The SMILES string of the molecule is Cc1ccc2ccc(C)c(S)c2n1. The predicted molar refractivity (Wildman–Crippen MR) is 58.5 cm³/mol. The van der Waals surface area contributed by atoms with Crippen LogP contribution in [0.1, 0.15) is 11.3 Å². The first-order valence-electron chi connectivity index (χ1n) is 4.24. The van der Waals surface area contributed by atoms with Crippen LogP contribution in [0.5, 0.6) is 0 Å². The normalized spacial score (nSPS) is 10.7. The number of aromatic nitrogens is 1. The standard InChI is InChI=1S/C11H11NS/c1-7-3-5-9-6-4-8(2)12-10(9)11(7)13/h3-6,13H,1-2H3. The minimum atomic E-state index is 0.987. The van der Waals surface area contributed by atoms with Gasteiger partial charge in [-0.15, -0.1) is 12.6 Å². The third-order valence-electron chi connectivity index (χ3n) is 2.18. The lowest BCUT2D eigenvalue weighted by Gasteiger charge is -2.04. The van der Waals surface area contributed by atoms with E-state index >= 15 is 0 Å². The summed E-state index contributed by atoms with van der Waals surface area (Å²) in [5.41, 5.74) is 3.21. The molecule has 1 nitrogen and oxygen atoms in total. The van der Waals surface area contributed by atoms with Gasteiger partial charge in [-0.25, -0.2) is 0 Å². The Morgan fingerprint density at radius 1 is 1.08 bits per heavy atom. The highest BCUT2D eigenvalue weighted by atomic mass is 32.1. The zero-order valence-electron chi connectivity index (χ0n) is 7.70. The Balaban J connectivity index is 2.89. The molecular weight excluding hydrogens is 178 g/mol. The second kappa shape index (κ2) is 3.04. The van der Waals surface area contributed by atoms with E-state index in [9.17, 15) is 0 Å². The first-order chi connectivity index (χ1) is 6.18. The van der Waals surface area contributed by atoms with Gasteiger partial charge in [-0.1, -0.05) is 18.2 Å². The fourth-order valence-corrected chi connectivity index (χ4v) is 1.63. The molecule has 1 heterocycles. The van der Waals surface area contributed by atoms with Crippen molar-refractivity contribution in [3.63, 3.8) is 0 Å². The lowest BCUT2D eigenvalue weighted by Crippen LogP contribution is -1.86. The molecule has 13 heavy (non-hydrogen) atoms. The Kier molecular flexibility index (Phi) is 2.00. The van der Waals surface area contributed by atoms with E-state index in [2.05, 4.69) is 35.8 Å². The molecule has 0 atom stereocenters. The van der Waals surface area contributed by atoms with E-state index in [1.807, 2.05) is 19.9 Å². The van der Waals surface area contributed by atoms with Crippen LogP contribution >= 0.6 is 12.6 Å². The number of rotatable bonds is 0. The van der Waals surface area contributed by atoms with Gasteiger partial charge in [0.15, 0.2) is 0 Å². The second-order valence-corrected chi connectivity index (χ2v) is 3.70. The maximum Gasteiger partial charge on any atom is 0.0840 e. The quantitative estimate of drug-likeness (QED) is 0.628. The number of hydrogen-bond donors (Lipinski definition) is 1. The Hall–Kier alpha value is -1.02. The molecule has 0 aliphatic rings. The van der Waals surface area contributed by atoms with Gasteiger partial charge in [-0.3, -0.25) is 4.98 Å². The molecule has 0 saturated heterocycles. The summed E-state index contributed by atoms with van der Waals surface area (Å²) in [6.07, 6.45) is 0. The van der Waals surface area contributed by atoms with Gasteiger partial charge in [0.1, 0.15) is 0 Å². The highest BCUT2D eigenvalue weighted by Crippen LogP contribution is 2.23. The molecule has 2 aromatic rings. The molecule has 66 valence electrons. The molecule has 0 aliphatic heterocycles. The average Bonchev–Trinajstić information content (AvgIpc) is 2.12. The fraction of sp³-hybridized carbons (Fsp3) is 0.182. The van der Waals surface area contributed by atoms with Gasteiger partial charge in [-0.05, 0) is 25.5 Å². The summed E-state index contributed by atoms with van der Waals surface area (Å²) in [5.74, 6) is 0. The van der Waals surface area contributed by atoms with E-state index in [0.717, 1.165) is 21.5 Å². The Morgan fingerprint density at radius 3 is 2.54 bits per heavy atom. The number of benzene rings is 1. The maximum absolute atomic E-state index is 4.46. The average molecular weight is 189 g/mol. The predicted octanol–water partition coefficient (Wildman–Crippen LogP) is 3.14. The summed E-state index contributed by atoms with van der Waals surface area (Å²) in [6.45, 7) is 4.04. The molecule has 2 heteroatoms. The van der Waals surface area contributed by atoms with Crippen LogP contribution in [0.25, 0.3) is 10.9 Å². The van der Waals surface area contributed by atoms with Crippen molar-refractivity contribution in [1.82, 2.24) is 4.98 Å². The van der Waals surface area contributed by atoms with Crippen molar-refractivity contribution >= 4 is 23.5 Å². The molecular formula is C11H11NS. The molecule has 0 saturated carbocycles. The largest absolute Gasteiger partial charge is 0.252 e. The van der Waals surface area contributed by atoms with Gasteiger partial charge in [0.2, 0.25) is 0 Å². The zero-order valence-corrected chi connectivity index (χ0v) is 8.60. The summed E-state index contributed by atoms with van der Waals surface area (Å²) in [4.78, 5) is 5.45. The van der Waals surface area contributed by atoms with Crippen molar-refractivity contribution in [3.05, 3.63) is 35.5 Å². The number of nitrogens with zero attached hydrogens (tertiary/aromatic N) is 1. The molecule has 0 fully saturated rings. The van der Waals surface area contributed by atoms with Gasteiger partial charge in [0.05, 0.1) is 5.52 Å². The lowest BCUT2D eigenvalue weighted by molar-refractivity contribution is 1.21. The highest BCUT2D eigenvalue weighted by molar-refractivity contribution is 7.80. The molecule has 0 aliphatic carbocycles. The monoisotopic (exact) mass is 189 g/mol. The van der Waals surface area contributed by atoms with Crippen LogP contribution in [0, 0.1) is 13.8 Å². The van der Waals surface area contributed by atoms with Crippen molar-refractivity contribution in [3.8, 4) is 0 Å². The van der Waals surface area contributed by atoms with Crippen LogP contribution in [0.4, 0.5) is 0 Å². The fourth-order valence-electron chi connectivity index (χ4n) is 1.37. The van der Waals surface area contributed by atoms with Gasteiger partial charge >= 0.3 is 0 Å². The van der Waals surface area contributed by atoms with Gasteiger partial charge in [0.25, 0.3) is 0 Å². The van der Waals surface area contributed by atoms with E-state index in [4.69, 9.17) is 0 Å². The first-order valence-corrected chi connectivity index (χ1v) is 4.69. The minimum absolute atomic E-state index is 0.987. The Bertz CT molecular complexity index is 458. The molecule has 1 aromatic carbocycles. The van der Waals surface area contributed by atoms with Crippen LogP contribution in [0.15, 0.2) is 29.2 Å². The molecule has 0 bridgehead atoms. The van der Waals surface area contributed by atoms with E-state index in [-0.39, 0.29) is 0 Å². The summed E-state index contributed by atoms with van der Waals surface area (Å²) >= 11 is 4.45. The third kappa shape index (κ3) is 1.42. The van der Waals surface area contributed by atoms with Crippen LogP contribution in [0.2, 0.25) is 0 Å². The van der Waals surface area contributed by atoms with Crippen molar-refractivity contribution in [2.75, 3.05) is 0 Å².